The summed E-state index contributed by atoms with van der Waals surface area (Å²) in [5.74, 6) is -1.41. The van der Waals surface area contributed by atoms with Gasteiger partial charge in [0.2, 0.25) is 10.0 Å². The summed E-state index contributed by atoms with van der Waals surface area (Å²) < 4.78 is 33.6. The fourth-order valence-corrected chi connectivity index (χ4v) is 5.63. The summed E-state index contributed by atoms with van der Waals surface area (Å²) in [5, 5.41) is 8.56. The van der Waals surface area contributed by atoms with E-state index < -0.39 is 27.1 Å². The Balaban J connectivity index is 1.72. The Hall–Kier alpha value is -1.87. The van der Waals surface area contributed by atoms with Gasteiger partial charge in [0.25, 0.3) is 5.91 Å². The van der Waals surface area contributed by atoms with Crippen molar-refractivity contribution in [3.05, 3.63) is 23.2 Å². The molecule has 0 bridgehead atoms. The summed E-state index contributed by atoms with van der Waals surface area (Å²) in [6.07, 6.45) is 5.23. The molecule has 1 aromatic heterocycles. The van der Waals surface area contributed by atoms with Crippen LogP contribution in [0.2, 0.25) is 0 Å². The predicted octanol–water partition coefficient (Wildman–Crippen LogP) is 2.01. The van der Waals surface area contributed by atoms with E-state index in [4.69, 9.17) is 4.42 Å². The number of piperidine rings is 1. The number of hydrogen-bond donors (Lipinski definition) is 2. The second kappa shape index (κ2) is 8.02. The Morgan fingerprint density at radius 1 is 1.26 bits per heavy atom. The van der Waals surface area contributed by atoms with Gasteiger partial charge in [0.15, 0.2) is 5.76 Å². The topological polar surface area (TPSA) is 117 Å². The molecule has 8 nitrogen and oxygen atoms in total. The monoisotopic (exact) mass is 398 g/mol. The lowest BCUT2D eigenvalue weighted by molar-refractivity contribution is 0.0683. The number of hydrogen-bond acceptors (Lipinski definition) is 5. The molecule has 3 rings (SSSR count). The van der Waals surface area contributed by atoms with Crippen molar-refractivity contribution in [3.8, 4) is 0 Å². The second-order valence-electron chi connectivity index (χ2n) is 7.27. The molecule has 1 unspecified atom stereocenters. The van der Waals surface area contributed by atoms with Crippen molar-refractivity contribution in [2.75, 3.05) is 13.1 Å². The summed E-state index contributed by atoms with van der Waals surface area (Å²) in [6.45, 7) is 2.27. The van der Waals surface area contributed by atoms with E-state index in [1.54, 1.807) is 6.92 Å². The Morgan fingerprint density at radius 3 is 2.56 bits per heavy atom. The molecule has 150 valence electrons. The number of nitrogens with zero attached hydrogens (tertiary/aromatic N) is 1. The number of nitrogens with one attached hydrogen (secondary N) is 1. The van der Waals surface area contributed by atoms with E-state index in [0.717, 1.165) is 25.7 Å². The quantitative estimate of drug-likeness (QED) is 0.757. The number of carbonyl (C=O) groups excluding carboxylic acids is 1. The normalized spacial score (nSPS) is 21.5. The highest BCUT2D eigenvalue weighted by Gasteiger charge is 2.35. The number of carboxylic acids is 1. The molecule has 0 spiro atoms. The molecule has 1 atom stereocenters. The van der Waals surface area contributed by atoms with Crippen LogP contribution in [0, 0.1) is 0 Å². The minimum absolute atomic E-state index is 0.00334. The largest absolute Gasteiger partial charge is 0.478 e. The maximum atomic E-state index is 12.7. The zero-order chi connectivity index (χ0) is 19.6. The lowest BCUT2D eigenvalue weighted by atomic mass is 10.1. The summed E-state index contributed by atoms with van der Waals surface area (Å²) in [7, 11) is -3.51. The van der Waals surface area contributed by atoms with Crippen LogP contribution in [0.3, 0.4) is 0 Å². The van der Waals surface area contributed by atoms with Crippen molar-refractivity contribution in [2.24, 2.45) is 0 Å². The van der Waals surface area contributed by atoms with Crippen molar-refractivity contribution in [2.45, 2.75) is 63.2 Å². The maximum Gasteiger partial charge on any atom is 0.339 e. The lowest BCUT2D eigenvalue weighted by Gasteiger charge is -2.32. The highest BCUT2D eigenvalue weighted by Crippen LogP contribution is 2.24. The second-order valence-corrected chi connectivity index (χ2v) is 9.26. The fourth-order valence-electron chi connectivity index (χ4n) is 3.88. The van der Waals surface area contributed by atoms with E-state index in [2.05, 4.69) is 4.72 Å². The van der Waals surface area contributed by atoms with E-state index in [-0.39, 0.29) is 29.7 Å². The van der Waals surface area contributed by atoms with Crippen molar-refractivity contribution < 1.29 is 27.5 Å². The van der Waals surface area contributed by atoms with Gasteiger partial charge < -0.3 is 14.4 Å². The molecule has 1 aromatic rings. The molecule has 1 aliphatic carbocycles. The third-order valence-electron chi connectivity index (χ3n) is 5.36. The molecule has 2 heterocycles. The Kier molecular flexibility index (Phi) is 5.90. The molecule has 0 aromatic carbocycles. The average molecular weight is 398 g/mol. The van der Waals surface area contributed by atoms with Gasteiger partial charge in [-0.3, -0.25) is 4.79 Å². The number of sulfonamides is 1. The first-order chi connectivity index (χ1) is 12.8. The fraction of sp³-hybridized carbons (Fsp3) is 0.667. The first-order valence-electron chi connectivity index (χ1n) is 9.48. The van der Waals surface area contributed by atoms with Crippen LogP contribution in [0.25, 0.3) is 0 Å². The van der Waals surface area contributed by atoms with Gasteiger partial charge in [-0.05, 0) is 25.7 Å². The van der Waals surface area contributed by atoms with Crippen molar-refractivity contribution in [1.82, 2.24) is 9.62 Å². The van der Waals surface area contributed by atoms with Crippen LogP contribution in [-0.4, -0.2) is 54.7 Å². The minimum atomic E-state index is -3.51. The SMILES string of the molecule is CCc1oc(C(=O)N2CCCC(S(=O)(=O)NC3CCCC3)C2)cc1C(=O)O. The number of aromatic carboxylic acids is 1. The lowest BCUT2D eigenvalue weighted by Crippen LogP contribution is -2.49. The van der Waals surface area contributed by atoms with Crippen LogP contribution in [0.1, 0.15) is 72.1 Å². The average Bonchev–Trinajstić information content (AvgIpc) is 3.30. The van der Waals surface area contributed by atoms with Crippen LogP contribution >= 0.6 is 0 Å². The third kappa shape index (κ3) is 4.35. The van der Waals surface area contributed by atoms with Gasteiger partial charge in [0, 0.05) is 31.6 Å². The maximum absolute atomic E-state index is 12.7. The highest BCUT2D eigenvalue weighted by atomic mass is 32.2. The van der Waals surface area contributed by atoms with Gasteiger partial charge in [-0.1, -0.05) is 19.8 Å². The van der Waals surface area contributed by atoms with E-state index in [1.807, 2.05) is 0 Å². The third-order valence-corrected chi connectivity index (χ3v) is 7.29. The number of rotatable bonds is 6. The Morgan fingerprint density at radius 2 is 1.96 bits per heavy atom. The van der Waals surface area contributed by atoms with Crippen LogP contribution < -0.4 is 4.72 Å². The van der Waals surface area contributed by atoms with Crippen LogP contribution in [0.15, 0.2) is 10.5 Å². The van der Waals surface area contributed by atoms with E-state index >= 15 is 0 Å². The van der Waals surface area contributed by atoms with Gasteiger partial charge in [0.1, 0.15) is 11.3 Å². The number of amides is 1. The molecule has 1 saturated heterocycles. The van der Waals surface area contributed by atoms with Gasteiger partial charge >= 0.3 is 5.97 Å². The van der Waals surface area contributed by atoms with Gasteiger partial charge in [-0.25, -0.2) is 17.9 Å². The number of aryl methyl sites for hydroxylation is 1. The van der Waals surface area contributed by atoms with Crippen molar-refractivity contribution >= 4 is 21.9 Å². The zero-order valence-electron chi connectivity index (χ0n) is 15.4. The van der Waals surface area contributed by atoms with Crippen LogP contribution in [0.4, 0.5) is 0 Å². The number of furan rings is 1. The van der Waals surface area contributed by atoms with E-state index in [0.29, 0.717) is 25.8 Å². The van der Waals surface area contributed by atoms with Crippen LogP contribution in [-0.2, 0) is 16.4 Å². The molecular weight excluding hydrogens is 372 g/mol. The molecule has 27 heavy (non-hydrogen) atoms. The predicted molar refractivity (Wildman–Crippen MR) is 98.3 cm³/mol. The van der Waals surface area contributed by atoms with Gasteiger partial charge in [0.05, 0.1) is 5.25 Å². The summed E-state index contributed by atoms with van der Waals surface area (Å²) in [5.41, 5.74) is -0.0232. The molecule has 2 aliphatic rings. The summed E-state index contributed by atoms with van der Waals surface area (Å²) >= 11 is 0. The van der Waals surface area contributed by atoms with Gasteiger partial charge in [-0.2, -0.15) is 0 Å². The molecule has 9 heteroatoms. The number of carbonyl (C=O) groups is 2. The highest BCUT2D eigenvalue weighted by molar-refractivity contribution is 7.90. The van der Waals surface area contributed by atoms with Gasteiger partial charge in [-0.15, -0.1) is 0 Å². The first kappa shape index (κ1) is 19.9. The molecule has 2 N–H and O–H groups in total. The molecule has 2 fully saturated rings. The van der Waals surface area contributed by atoms with Crippen molar-refractivity contribution in [1.29, 1.82) is 0 Å². The number of carboxylic acid groups (broad SMARTS) is 1. The summed E-state index contributed by atoms with van der Waals surface area (Å²) in [4.78, 5) is 25.5. The molecule has 1 saturated carbocycles. The minimum Gasteiger partial charge on any atom is -0.478 e. The molecule has 0 radical (unpaired) electrons. The molecule has 1 amide bonds. The van der Waals surface area contributed by atoms with Crippen LogP contribution in [0.5, 0.6) is 0 Å². The molecular formula is C18H26N2O6S. The Labute approximate surface area is 159 Å². The number of likely N-dealkylation sites (tertiary alicyclic amines) is 1. The molecule has 1 aliphatic heterocycles. The van der Waals surface area contributed by atoms with E-state index in [9.17, 15) is 23.1 Å². The smallest absolute Gasteiger partial charge is 0.339 e. The Bertz CT molecular complexity index is 810. The first-order valence-corrected chi connectivity index (χ1v) is 11.0. The summed E-state index contributed by atoms with van der Waals surface area (Å²) in [6, 6.07) is 1.23. The van der Waals surface area contributed by atoms with E-state index in [1.165, 1.54) is 11.0 Å². The zero-order valence-corrected chi connectivity index (χ0v) is 16.3. The van der Waals surface area contributed by atoms with Crippen molar-refractivity contribution in [3.63, 3.8) is 0 Å². The standard InChI is InChI=1S/C18H26N2O6S/c1-2-15-14(18(22)23)10-16(26-15)17(21)20-9-5-8-13(11-20)27(24,25)19-12-6-3-4-7-12/h10,12-13,19H,2-9,11H2,1H3,(H,22,23).